The van der Waals surface area contributed by atoms with Gasteiger partial charge in [0.2, 0.25) is 23.6 Å². The summed E-state index contributed by atoms with van der Waals surface area (Å²) in [5, 5.41) is 22.0. The number of hydrogen-bond donors (Lipinski definition) is 2. The molecule has 1 fully saturated rings. The molecule has 59 heavy (non-hydrogen) atoms. The Morgan fingerprint density at radius 2 is 1.25 bits per heavy atom. The summed E-state index contributed by atoms with van der Waals surface area (Å²) in [6.07, 6.45) is -8.12. The monoisotopic (exact) mass is 812 g/mol. The van der Waals surface area contributed by atoms with Crippen molar-refractivity contribution < 1.29 is 71.7 Å². The van der Waals surface area contributed by atoms with Crippen molar-refractivity contribution in [2.75, 3.05) is 6.61 Å². The van der Waals surface area contributed by atoms with Crippen LogP contribution in [0, 0.1) is 0 Å². The molecule has 2 heterocycles. The van der Waals surface area contributed by atoms with Gasteiger partial charge in [0.1, 0.15) is 48.4 Å². The number of esters is 4. The molecule has 0 saturated carbocycles. The lowest BCUT2D eigenvalue weighted by atomic mass is 9.98. The first-order chi connectivity index (χ1) is 28.3. The van der Waals surface area contributed by atoms with E-state index in [2.05, 4.69) is 0 Å². The average Bonchev–Trinajstić information content (AvgIpc) is 3.19. The first-order valence-electron chi connectivity index (χ1n) is 18.2. The van der Waals surface area contributed by atoms with E-state index in [1.54, 1.807) is 0 Å². The quantitative estimate of drug-likeness (QED) is 0.105. The second-order valence-corrected chi connectivity index (χ2v) is 13.3. The zero-order chi connectivity index (χ0) is 42.2. The summed E-state index contributed by atoms with van der Waals surface area (Å²) in [7, 11) is 0. The SMILES string of the molecule is CC(=O)OC[C@H]1O[C@@H](Oc2c(-c3ccc(OCc4ccccc4)c(O)c3)oc3cc(OCc4ccccc4)cc(O)c3c2=O)[C@H](OC(C)=O)[C@@H](OC(C)=O)[C@H]1OC(C)=O. The third-order valence-electron chi connectivity index (χ3n) is 8.80. The van der Waals surface area contributed by atoms with Crippen molar-refractivity contribution >= 4 is 34.8 Å². The number of carbonyl (C=O) groups is 4. The van der Waals surface area contributed by atoms with E-state index in [-0.39, 0.29) is 52.8 Å². The number of phenolic OH excluding ortho intramolecular Hbond substituents is 2. The molecular weight excluding hydrogens is 772 g/mol. The Kier molecular flexibility index (Phi) is 13.0. The fraction of sp³-hybridized carbons (Fsp3) is 0.279. The van der Waals surface area contributed by atoms with E-state index >= 15 is 0 Å². The number of ether oxygens (including phenoxy) is 8. The normalized spacial score (nSPS) is 18.6. The molecule has 4 aromatic carbocycles. The molecule has 0 aliphatic carbocycles. The van der Waals surface area contributed by atoms with E-state index in [0.29, 0.717) is 0 Å². The smallest absolute Gasteiger partial charge is 0.303 e. The van der Waals surface area contributed by atoms with Gasteiger partial charge in [0, 0.05) is 45.4 Å². The first-order valence-corrected chi connectivity index (χ1v) is 18.2. The lowest BCUT2D eigenvalue weighted by molar-refractivity contribution is -0.288. The standard InChI is InChI=1S/C43H40O16/c1-23(44)51-22-35-39(54-24(2)45)41(55-25(3)46)42(56-26(4)47)43(58-35)59-40-37(50)36-32(49)18-30(52-20-27-11-7-5-8-12-27)19-34(36)57-38(40)29-15-16-33(31(48)17-29)53-21-28-13-9-6-10-14-28/h5-19,35,39,41-43,48-49H,20-22H2,1-4H3/t35-,39+,41+,42-,43+/m1/s1. The second kappa shape index (κ2) is 18.5. The predicted molar refractivity (Wildman–Crippen MR) is 205 cm³/mol. The van der Waals surface area contributed by atoms with Gasteiger partial charge in [-0.1, -0.05) is 60.7 Å². The Hall–Kier alpha value is -7.07. The zero-order valence-electron chi connectivity index (χ0n) is 32.3. The summed E-state index contributed by atoms with van der Waals surface area (Å²) in [4.78, 5) is 63.6. The minimum absolute atomic E-state index is 0.0734. The maximum absolute atomic E-state index is 14.6. The van der Waals surface area contributed by atoms with Crippen LogP contribution in [0.5, 0.6) is 28.7 Å². The van der Waals surface area contributed by atoms with Gasteiger partial charge in [-0.15, -0.1) is 0 Å². The van der Waals surface area contributed by atoms with E-state index in [9.17, 15) is 34.2 Å². The number of carbonyl (C=O) groups excluding carboxylic acids is 4. The van der Waals surface area contributed by atoms with Gasteiger partial charge in [-0.05, 0) is 29.3 Å². The highest BCUT2D eigenvalue weighted by Crippen LogP contribution is 2.41. The van der Waals surface area contributed by atoms with Gasteiger partial charge in [-0.3, -0.25) is 24.0 Å². The van der Waals surface area contributed by atoms with Crippen LogP contribution in [0.2, 0.25) is 0 Å². The maximum atomic E-state index is 14.6. The number of benzene rings is 4. The molecule has 1 saturated heterocycles. The van der Waals surface area contributed by atoms with Gasteiger partial charge in [0.05, 0.1) is 0 Å². The molecule has 2 N–H and O–H groups in total. The minimum Gasteiger partial charge on any atom is -0.507 e. The fourth-order valence-electron chi connectivity index (χ4n) is 6.29. The molecule has 308 valence electrons. The molecule has 5 aromatic rings. The third-order valence-corrected chi connectivity index (χ3v) is 8.80. The van der Waals surface area contributed by atoms with Crippen molar-refractivity contribution in [3.63, 3.8) is 0 Å². The number of phenols is 2. The number of hydrogen-bond acceptors (Lipinski definition) is 16. The lowest BCUT2D eigenvalue weighted by Crippen LogP contribution is -2.63. The molecule has 0 bridgehead atoms. The van der Waals surface area contributed by atoms with Crippen molar-refractivity contribution in [3.05, 3.63) is 112 Å². The molecule has 16 heteroatoms. The summed E-state index contributed by atoms with van der Waals surface area (Å²) in [6, 6.07) is 25.2. The second-order valence-electron chi connectivity index (χ2n) is 13.3. The topological polar surface area (TPSA) is 213 Å². The Bertz CT molecular complexity index is 2380. The van der Waals surface area contributed by atoms with Gasteiger partial charge in [-0.25, -0.2) is 0 Å². The van der Waals surface area contributed by atoms with Crippen molar-refractivity contribution in [2.24, 2.45) is 0 Å². The summed E-state index contributed by atoms with van der Waals surface area (Å²) in [6.45, 7) is 3.96. The number of fused-ring (bicyclic) bond motifs is 1. The van der Waals surface area contributed by atoms with Crippen molar-refractivity contribution in [2.45, 2.75) is 71.6 Å². The molecule has 5 atom stereocenters. The highest BCUT2D eigenvalue weighted by Gasteiger charge is 2.54. The molecule has 0 radical (unpaired) electrons. The van der Waals surface area contributed by atoms with Gasteiger partial charge < -0.3 is 52.5 Å². The molecular formula is C43H40O16. The fourth-order valence-corrected chi connectivity index (χ4v) is 6.29. The van der Waals surface area contributed by atoms with Gasteiger partial charge >= 0.3 is 23.9 Å². The van der Waals surface area contributed by atoms with E-state index < -0.39 is 78.1 Å². The highest BCUT2D eigenvalue weighted by molar-refractivity contribution is 5.88. The summed E-state index contributed by atoms with van der Waals surface area (Å²) in [5.74, 6) is -4.97. The van der Waals surface area contributed by atoms with Crippen LogP contribution in [-0.4, -0.2) is 71.4 Å². The minimum atomic E-state index is -1.85. The van der Waals surface area contributed by atoms with Crippen molar-refractivity contribution in [3.8, 4) is 40.1 Å². The number of aromatic hydroxyl groups is 2. The molecule has 1 aliphatic heterocycles. The van der Waals surface area contributed by atoms with E-state index in [1.807, 2.05) is 60.7 Å². The van der Waals surface area contributed by atoms with Crippen LogP contribution in [0.25, 0.3) is 22.3 Å². The average molecular weight is 813 g/mol. The first kappa shape index (κ1) is 41.6. The van der Waals surface area contributed by atoms with E-state index in [1.165, 1.54) is 30.3 Å². The molecule has 1 aromatic heterocycles. The van der Waals surface area contributed by atoms with Crippen LogP contribution in [0.3, 0.4) is 0 Å². The summed E-state index contributed by atoms with van der Waals surface area (Å²) < 4.78 is 52.0. The summed E-state index contributed by atoms with van der Waals surface area (Å²) >= 11 is 0. The van der Waals surface area contributed by atoms with Gasteiger partial charge in [0.15, 0.2) is 29.5 Å². The Labute approximate surface area is 336 Å². The predicted octanol–water partition coefficient (Wildman–Crippen LogP) is 5.49. The van der Waals surface area contributed by atoms with Crippen LogP contribution < -0.4 is 19.6 Å². The Morgan fingerprint density at radius 1 is 0.661 bits per heavy atom. The highest BCUT2D eigenvalue weighted by atomic mass is 16.7. The van der Waals surface area contributed by atoms with E-state index in [0.717, 1.165) is 38.8 Å². The molecule has 0 unspecified atom stereocenters. The zero-order valence-corrected chi connectivity index (χ0v) is 32.3. The van der Waals surface area contributed by atoms with E-state index in [4.69, 9.17) is 42.3 Å². The van der Waals surface area contributed by atoms with Crippen LogP contribution in [-0.2, 0) is 56.1 Å². The lowest BCUT2D eigenvalue weighted by Gasteiger charge is -2.43. The Balaban J connectivity index is 1.47. The number of rotatable bonds is 14. The molecule has 0 amide bonds. The Morgan fingerprint density at radius 3 is 1.85 bits per heavy atom. The third kappa shape index (κ3) is 10.3. The summed E-state index contributed by atoms with van der Waals surface area (Å²) in [5.41, 5.74) is 0.634. The van der Waals surface area contributed by atoms with Crippen molar-refractivity contribution in [1.82, 2.24) is 0 Å². The van der Waals surface area contributed by atoms with Crippen LogP contribution in [0.1, 0.15) is 38.8 Å². The van der Waals surface area contributed by atoms with Crippen molar-refractivity contribution in [1.29, 1.82) is 0 Å². The molecule has 16 nitrogen and oxygen atoms in total. The molecule has 1 aliphatic rings. The van der Waals surface area contributed by atoms with Gasteiger partial charge in [0.25, 0.3) is 0 Å². The van der Waals surface area contributed by atoms with Gasteiger partial charge in [-0.2, -0.15) is 0 Å². The molecule has 6 rings (SSSR count). The van der Waals surface area contributed by atoms with Crippen LogP contribution in [0.15, 0.2) is 100 Å². The molecule has 0 spiro atoms. The van der Waals surface area contributed by atoms with Crippen LogP contribution in [0.4, 0.5) is 0 Å². The maximum Gasteiger partial charge on any atom is 0.303 e. The van der Waals surface area contributed by atoms with Crippen LogP contribution >= 0.6 is 0 Å². The largest absolute Gasteiger partial charge is 0.507 e.